The van der Waals surface area contributed by atoms with Crippen molar-refractivity contribution in [2.75, 3.05) is 0 Å². The number of rotatable bonds is 16. The van der Waals surface area contributed by atoms with Gasteiger partial charge in [-0.1, -0.05) is 72.6 Å². The highest BCUT2D eigenvalue weighted by Crippen LogP contribution is 2.38. The van der Waals surface area contributed by atoms with Crippen LogP contribution in [0.2, 0.25) is 0 Å². The van der Waals surface area contributed by atoms with Gasteiger partial charge in [-0.05, 0) is 38.5 Å². The van der Waals surface area contributed by atoms with Gasteiger partial charge in [0, 0.05) is 0 Å². The molecule has 2 unspecified atom stereocenters. The highest BCUT2D eigenvalue weighted by molar-refractivity contribution is 5.75. The molecule has 0 saturated carbocycles. The second-order valence-electron chi connectivity index (χ2n) is 7.65. The summed E-state index contributed by atoms with van der Waals surface area (Å²) in [5.74, 6) is -1.33. The van der Waals surface area contributed by atoms with Crippen LogP contribution in [0.4, 0.5) is 0 Å². The van der Waals surface area contributed by atoms with Crippen LogP contribution in [-0.4, -0.2) is 22.2 Å². The molecule has 0 spiro atoms. The first-order valence-electron chi connectivity index (χ1n) is 10.3. The predicted octanol–water partition coefficient (Wildman–Crippen LogP) is 6.28. The molecule has 0 heterocycles. The van der Waals surface area contributed by atoms with Gasteiger partial charge in [-0.2, -0.15) is 0 Å². The smallest absolute Gasteiger partial charge is 0.309 e. The van der Waals surface area contributed by atoms with Crippen molar-refractivity contribution < 1.29 is 19.8 Å². The van der Waals surface area contributed by atoms with Gasteiger partial charge in [0.25, 0.3) is 0 Å². The summed E-state index contributed by atoms with van der Waals surface area (Å²) in [5.41, 5.74) is -1.18. The third-order valence-electron chi connectivity index (χ3n) is 6.09. The van der Waals surface area contributed by atoms with Crippen molar-refractivity contribution in [2.45, 2.75) is 111 Å². The van der Waals surface area contributed by atoms with Crippen LogP contribution in [-0.2, 0) is 9.59 Å². The molecule has 2 atom stereocenters. The topological polar surface area (TPSA) is 74.6 Å². The molecule has 4 heteroatoms. The summed E-state index contributed by atoms with van der Waals surface area (Å²) in [6, 6.07) is 0. The summed E-state index contributed by atoms with van der Waals surface area (Å²) < 4.78 is 0. The van der Waals surface area contributed by atoms with E-state index in [1.165, 1.54) is 0 Å². The molecule has 2 N–H and O–H groups in total. The lowest BCUT2D eigenvalue weighted by atomic mass is 9.74. The van der Waals surface area contributed by atoms with E-state index in [2.05, 4.69) is 13.8 Å². The molecule has 0 aromatic carbocycles. The van der Waals surface area contributed by atoms with Crippen LogP contribution in [0, 0.1) is 10.8 Å². The Morgan fingerprint density at radius 2 is 0.920 bits per heavy atom. The Balaban J connectivity index is 4.56. The number of hydrogen-bond donors (Lipinski definition) is 2. The van der Waals surface area contributed by atoms with Crippen LogP contribution in [0.1, 0.15) is 111 Å². The Labute approximate surface area is 154 Å². The first kappa shape index (κ1) is 23.9. The number of carboxylic acid groups (broad SMARTS) is 2. The van der Waals surface area contributed by atoms with Crippen LogP contribution in [0.5, 0.6) is 0 Å². The van der Waals surface area contributed by atoms with Gasteiger partial charge in [0.2, 0.25) is 0 Å². The van der Waals surface area contributed by atoms with Gasteiger partial charge in [-0.15, -0.1) is 0 Å². The molecule has 0 aliphatic carbocycles. The minimum absolute atomic E-state index is 0.590. The highest BCUT2D eigenvalue weighted by atomic mass is 16.4. The first-order chi connectivity index (χ1) is 11.8. The van der Waals surface area contributed by atoms with E-state index < -0.39 is 22.8 Å². The molecular formula is C21H40O4. The summed E-state index contributed by atoms with van der Waals surface area (Å²) in [4.78, 5) is 23.5. The van der Waals surface area contributed by atoms with Gasteiger partial charge in [-0.25, -0.2) is 0 Å². The number of unbranched alkanes of at least 4 members (excludes halogenated alkanes) is 4. The first-order valence-corrected chi connectivity index (χ1v) is 10.3. The predicted molar refractivity (Wildman–Crippen MR) is 103 cm³/mol. The van der Waals surface area contributed by atoms with Gasteiger partial charge >= 0.3 is 11.9 Å². The van der Waals surface area contributed by atoms with Gasteiger partial charge < -0.3 is 10.2 Å². The fourth-order valence-electron chi connectivity index (χ4n) is 3.82. The minimum atomic E-state index is -0.667. The van der Waals surface area contributed by atoms with Crippen LogP contribution in [0.25, 0.3) is 0 Å². The van der Waals surface area contributed by atoms with Crippen molar-refractivity contribution in [3.8, 4) is 0 Å². The monoisotopic (exact) mass is 356 g/mol. The third-order valence-corrected chi connectivity index (χ3v) is 6.09. The Morgan fingerprint density at radius 3 is 1.16 bits per heavy atom. The molecular weight excluding hydrogens is 316 g/mol. The molecule has 0 amide bonds. The zero-order chi connectivity index (χ0) is 19.3. The second-order valence-corrected chi connectivity index (χ2v) is 7.65. The molecule has 0 bridgehead atoms. The van der Waals surface area contributed by atoms with Crippen molar-refractivity contribution >= 4 is 11.9 Å². The molecule has 0 radical (unpaired) electrons. The molecule has 0 aromatic heterocycles. The van der Waals surface area contributed by atoms with Gasteiger partial charge in [0.15, 0.2) is 0 Å². The van der Waals surface area contributed by atoms with E-state index in [0.29, 0.717) is 25.7 Å². The molecule has 0 fully saturated rings. The summed E-state index contributed by atoms with van der Waals surface area (Å²) in [6.07, 6.45) is 10.9. The Bertz CT molecular complexity index is 357. The van der Waals surface area contributed by atoms with E-state index in [9.17, 15) is 19.8 Å². The fraction of sp³-hybridized carbons (Fsp3) is 0.905. The van der Waals surface area contributed by atoms with E-state index >= 15 is 0 Å². The third kappa shape index (κ3) is 7.37. The normalized spacial score (nSPS) is 16.2. The van der Waals surface area contributed by atoms with Crippen molar-refractivity contribution in [3.63, 3.8) is 0 Å². The molecule has 148 valence electrons. The molecule has 0 aliphatic rings. The van der Waals surface area contributed by atoms with E-state index in [-0.39, 0.29) is 0 Å². The van der Waals surface area contributed by atoms with Crippen molar-refractivity contribution in [1.29, 1.82) is 0 Å². The lowest BCUT2D eigenvalue weighted by Crippen LogP contribution is -2.31. The summed E-state index contributed by atoms with van der Waals surface area (Å²) in [6.45, 7) is 8.13. The Morgan fingerprint density at radius 1 is 0.600 bits per heavy atom. The summed E-state index contributed by atoms with van der Waals surface area (Å²) >= 11 is 0. The fourth-order valence-corrected chi connectivity index (χ4v) is 3.82. The molecule has 4 nitrogen and oxygen atoms in total. The molecule has 0 saturated heterocycles. The van der Waals surface area contributed by atoms with Crippen LogP contribution >= 0.6 is 0 Å². The number of carbonyl (C=O) groups is 2. The van der Waals surface area contributed by atoms with Crippen molar-refractivity contribution in [1.82, 2.24) is 0 Å². The SMILES string of the molecule is CCCCC(CC)(CCCCCC(CC)(CCCC)C(=O)O)C(=O)O. The zero-order valence-electron chi connectivity index (χ0n) is 16.9. The molecule has 0 rings (SSSR count). The van der Waals surface area contributed by atoms with Gasteiger partial charge in [0.1, 0.15) is 0 Å². The number of hydrogen-bond acceptors (Lipinski definition) is 2. The maximum Gasteiger partial charge on any atom is 0.309 e. The Hall–Kier alpha value is -1.06. The standard InChI is InChI=1S/C21H40O4/c1-5-9-14-20(7-3,18(22)23)16-12-11-13-17-21(8-4,19(24)25)15-10-6-2/h5-17H2,1-4H3,(H,22,23)(H,24,25). The summed E-state index contributed by atoms with van der Waals surface area (Å²) in [5, 5.41) is 19.3. The van der Waals surface area contributed by atoms with E-state index in [1.54, 1.807) is 0 Å². The molecule has 25 heavy (non-hydrogen) atoms. The Kier molecular flexibility index (Phi) is 11.8. The molecule has 0 aliphatic heterocycles. The highest BCUT2D eigenvalue weighted by Gasteiger charge is 2.36. The quantitative estimate of drug-likeness (QED) is 0.319. The number of carboxylic acids is 2. The average Bonchev–Trinajstić information content (AvgIpc) is 2.59. The van der Waals surface area contributed by atoms with Gasteiger partial charge in [0.05, 0.1) is 10.8 Å². The van der Waals surface area contributed by atoms with Gasteiger partial charge in [-0.3, -0.25) is 9.59 Å². The zero-order valence-corrected chi connectivity index (χ0v) is 16.9. The largest absolute Gasteiger partial charge is 0.481 e. The lowest BCUT2D eigenvalue weighted by molar-refractivity contribution is -0.151. The average molecular weight is 357 g/mol. The number of aliphatic carboxylic acids is 2. The molecule has 0 aromatic rings. The van der Waals surface area contributed by atoms with E-state index in [4.69, 9.17) is 0 Å². The maximum absolute atomic E-state index is 11.8. The van der Waals surface area contributed by atoms with Crippen LogP contribution in [0.3, 0.4) is 0 Å². The maximum atomic E-state index is 11.8. The van der Waals surface area contributed by atoms with E-state index in [0.717, 1.165) is 57.8 Å². The van der Waals surface area contributed by atoms with Crippen LogP contribution in [0.15, 0.2) is 0 Å². The van der Waals surface area contributed by atoms with Crippen LogP contribution < -0.4 is 0 Å². The van der Waals surface area contributed by atoms with E-state index in [1.807, 2.05) is 13.8 Å². The summed E-state index contributed by atoms with van der Waals surface area (Å²) in [7, 11) is 0. The lowest BCUT2D eigenvalue weighted by Gasteiger charge is -2.29. The second kappa shape index (κ2) is 12.3. The van der Waals surface area contributed by atoms with Crippen molar-refractivity contribution in [2.24, 2.45) is 10.8 Å². The minimum Gasteiger partial charge on any atom is -0.481 e. The van der Waals surface area contributed by atoms with Crippen molar-refractivity contribution in [3.05, 3.63) is 0 Å².